The van der Waals surface area contributed by atoms with Crippen LogP contribution in [-0.2, 0) is 16.2 Å². The fraction of sp³-hybridized carbons (Fsp3) is 0.300. The molecule has 1 aromatic carbocycles. The normalized spacial score (nSPS) is 10.0. The first-order valence-electron chi connectivity index (χ1n) is 4.46. The van der Waals surface area contributed by atoms with Crippen molar-refractivity contribution in [1.29, 1.82) is 0 Å². The summed E-state index contributed by atoms with van der Waals surface area (Å²) in [4.78, 5) is 15.5. The number of nitrogens with two attached hydrogens (primary N) is 1. The zero-order valence-corrected chi connectivity index (χ0v) is 7.90. The van der Waals surface area contributed by atoms with E-state index in [0.717, 1.165) is 5.56 Å². The molecule has 0 bridgehead atoms. The molecule has 0 aliphatic heterocycles. The Kier molecular flexibility index (Phi) is 4.68. The van der Waals surface area contributed by atoms with E-state index in [1.165, 1.54) is 0 Å². The Hall–Kier alpha value is -1.39. The molecule has 14 heavy (non-hydrogen) atoms. The zero-order chi connectivity index (χ0) is 10.2. The predicted octanol–water partition coefficient (Wildman–Crippen LogP) is 0.583. The van der Waals surface area contributed by atoms with Crippen LogP contribution in [0, 0.1) is 0 Å². The molecular weight excluding hydrogens is 180 g/mol. The van der Waals surface area contributed by atoms with Gasteiger partial charge in [-0.2, -0.15) is 0 Å². The zero-order valence-electron chi connectivity index (χ0n) is 7.90. The Morgan fingerprint density at radius 3 is 2.71 bits per heavy atom. The van der Waals surface area contributed by atoms with E-state index in [1.54, 1.807) is 0 Å². The standard InChI is InChI=1S/C10H14N2O2/c11-10(13)6-7-12-14-8-9-4-2-1-3-5-9/h1-5,12H,6-8H2,(H2,11,13). The molecule has 0 fully saturated rings. The van der Waals surface area contributed by atoms with Gasteiger partial charge in [0.2, 0.25) is 5.91 Å². The molecule has 0 aliphatic rings. The minimum atomic E-state index is -0.333. The smallest absolute Gasteiger partial charge is 0.218 e. The molecule has 3 N–H and O–H groups in total. The van der Waals surface area contributed by atoms with Gasteiger partial charge in [0.1, 0.15) is 0 Å². The summed E-state index contributed by atoms with van der Waals surface area (Å²) in [5.41, 5.74) is 8.70. The van der Waals surface area contributed by atoms with E-state index in [4.69, 9.17) is 10.6 Å². The number of hydrogen-bond acceptors (Lipinski definition) is 3. The lowest BCUT2D eigenvalue weighted by atomic mass is 10.2. The molecule has 0 saturated carbocycles. The van der Waals surface area contributed by atoms with Gasteiger partial charge in [0.05, 0.1) is 6.61 Å². The molecule has 0 unspecified atom stereocenters. The average molecular weight is 194 g/mol. The number of hydroxylamine groups is 1. The lowest BCUT2D eigenvalue weighted by Gasteiger charge is -2.04. The van der Waals surface area contributed by atoms with Crippen molar-refractivity contribution in [3.05, 3.63) is 35.9 Å². The van der Waals surface area contributed by atoms with Crippen molar-refractivity contribution in [1.82, 2.24) is 5.48 Å². The minimum absolute atomic E-state index is 0.286. The largest absolute Gasteiger partial charge is 0.370 e. The maximum absolute atomic E-state index is 10.4. The maximum atomic E-state index is 10.4. The first kappa shape index (κ1) is 10.7. The number of benzene rings is 1. The van der Waals surface area contributed by atoms with Crippen LogP contribution in [0.1, 0.15) is 12.0 Å². The van der Waals surface area contributed by atoms with E-state index in [-0.39, 0.29) is 12.3 Å². The minimum Gasteiger partial charge on any atom is -0.370 e. The summed E-state index contributed by atoms with van der Waals surface area (Å²) < 4.78 is 0. The monoisotopic (exact) mass is 194 g/mol. The molecule has 1 amide bonds. The molecule has 0 spiro atoms. The highest BCUT2D eigenvalue weighted by atomic mass is 16.6. The Morgan fingerprint density at radius 1 is 1.36 bits per heavy atom. The van der Waals surface area contributed by atoms with E-state index in [1.807, 2.05) is 30.3 Å². The molecule has 0 aliphatic carbocycles. The van der Waals surface area contributed by atoms with Crippen LogP contribution in [0.3, 0.4) is 0 Å². The molecule has 76 valence electrons. The highest BCUT2D eigenvalue weighted by molar-refractivity contribution is 5.73. The highest BCUT2D eigenvalue weighted by Gasteiger charge is 1.94. The van der Waals surface area contributed by atoms with Gasteiger partial charge in [-0.05, 0) is 5.56 Å². The molecule has 1 rings (SSSR count). The third-order valence-electron chi connectivity index (χ3n) is 1.66. The van der Waals surface area contributed by atoms with Gasteiger partial charge in [0, 0.05) is 13.0 Å². The lowest BCUT2D eigenvalue weighted by molar-refractivity contribution is -0.118. The fourth-order valence-corrected chi connectivity index (χ4v) is 0.955. The summed E-state index contributed by atoms with van der Waals surface area (Å²) >= 11 is 0. The third kappa shape index (κ3) is 4.59. The van der Waals surface area contributed by atoms with Crippen molar-refractivity contribution in [2.24, 2.45) is 5.73 Å². The van der Waals surface area contributed by atoms with Crippen LogP contribution in [0.25, 0.3) is 0 Å². The summed E-state index contributed by atoms with van der Waals surface area (Å²) in [5, 5.41) is 0. The molecule has 0 radical (unpaired) electrons. The van der Waals surface area contributed by atoms with E-state index in [9.17, 15) is 4.79 Å². The van der Waals surface area contributed by atoms with Crippen molar-refractivity contribution in [3.63, 3.8) is 0 Å². The van der Waals surface area contributed by atoms with Crippen LogP contribution in [0.4, 0.5) is 0 Å². The van der Waals surface area contributed by atoms with Gasteiger partial charge in [-0.3, -0.25) is 9.63 Å². The topological polar surface area (TPSA) is 64.4 Å². The Morgan fingerprint density at radius 2 is 2.07 bits per heavy atom. The molecule has 0 heterocycles. The molecular formula is C10H14N2O2. The van der Waals surface area contributed by atoms with Crippen LogP contribution in [0.15, 0.2) is 30.3 Å². The van der Waals surface area contributed by atoms with Gasteiger partial charge in [-0.15, -0.1) is 0 Å². The van der Waals surface area contributed by atoms with E-state index < -0.39 is 0 Å². The molecule has 1 aromatic rings. The Labute approximate surface area is 83.0 Å². The lowest BCUT2D eigenvalue weighted by Crippen LogP contribution is -2.22. The number of nitrogens with one attached hydrogen (secondary N) is 1. The summed E-state index contributed by atoms with van der Waals surface area (Å²) in [6.45, 7) is 0.932. The van der Waals surface area contributed by atoms with Crippen molar-refractivity contribution >= 4 is 5.91 Å². The molecule has 0 atom stereocenters. The van der Waals surface area contributed by atoms with Gasteiger partial charge < -0.3 is 5.73 Å². The summed E-state index contributed by atoms with van der Waals surface area (Å²) in [5.74, 6) is -0.333. The summed E-state index contributed by atoms with van der Waals surface area (Å²) in [6.07, 6.45) is 0.286. The second-order valence-electron chi connectivity index (χ2n) is 2.88. The number of amides is 1. The van der Waals surface area contributed by atoms with E-state index >= 15 is 0 Å². The maximum Gasteiger partial charge on any atom is 0.218 e. The van der Waals surface area contributed by atoms with Gasteiger partial charge in [0.25, 0.3) is 0 Å². The van der Waals surface area contributed by atoms with Crippen molar-refractivity contribution < 1.29 is 9.63 Å². The Balaban J connectivity index is 2.08. The first-order chi connectivity index (χ1) is 6.79. The second-order valence-corrected chi connectivity index (χ2v) is 2.88. The van der Waals surface area contributed by atoms with E-state index in [0.29, 0.717) is 13.2 Å². The molecule has 0 aromatic heterocycles. The van der Waals surface area contributed by atoms with Crippen LogP contribution in [-0.4, -0.2) is 12.5 Å². The van der Waals surface area contributed by atoms with Gasteiger partial charge in [0.15, 0.2) is 0 Å². The van der Waals surface area contributed by atoms with Crippen LogP contribution in [0.2, 0.25) is 0 Å². The number of carbonyl (C=O) groups excluding carboxylic acids is 1. The summed E-state index contributed by atoms with van der Waals surface area (Å²) in [7, 11) is 0. The van der Waals surface area contributed by atoms with Gasteiger partial charge >= 0.3 is 0 Å². The van der Waals surface area contributed by atoms with Crippen LogP contribution in [0.5, 0.6) is 0 Å². The molecule has 0 saturated heterocycles. The van der Waals surface area contributed by atoms with Crippen molar-refractivity contribution in [3.8, 4) is 0 Å². The SMILES string of the molecule is NC(=O)CCNOCc1ccccc1. The number of carbonyl (C=O) groups is 1. The van der Waals surface area contributed by atoms with Crippen LogP contribution >= 0.6 is 0 Å². The first-order valence-corrected chi connectivity index (χ1v) is 4.46. The Bertz CT molecular complexity index is 275. The number of hydrogen-bond donors (Lipinski definition) is 2. The van der Waals surface area contributed by atoms with E-state index in [2.05, 4.69) is 5.48 Å². The highest BCUT2D eigenvalue weighted by Crippen LogP contribution is 1.98. The second kappa shape index (κ2) is 6.12. The number of rotatable bonds is 6. The quantitative estimate of drug-likeness (QED) is 0.514. The fourth-order valence-electron chi connectivity index (χ4n) is 0.955. The number of primary amides is 1. The van der Waals surface area contributed by atoms with Crippen molar-refractivity contribution in [2.45, 2.75) is 13.0 Å². The molecule has 4 heteroatoms. The van der Waals surface area contributed by atoms with Gasteiger partial charge in [-0.25, -0.2) is 5.48 Å². The van der Waals surface area contributed by atoms with Crippen LogP contribution < -0.4 is 11.2 Å². The predicted molar refractivity (Wildman–Crippen MR) is 53.0 cm³/mol. The summed E-state index contributed by atoms with van der Waals surface area (Å²) in [6, 6.07) is 9.78. The molecule has 4 nitrogen and oxygen atoms in total. The third-order valence-corrected chi connectivity index (χ3v) is 1.66. The average Bonchev–Trinajstić information content (AvgIpc) is 2.18. The van der Waals surface area contributed by atoms with Gasteiger partial charge in [-0.1, -0.05) is 30.3 Å². The van der Waals surface area contributed by atoms with Crippen molar-refractivity contribution in [2.75, 3.05) is 6.54 Å².